The van der Waals surface area contributed by atoms with Gasteiger partial charge in [0.15, 0.2) is 0 Å². The van der Waals surface area contributed by atoms with E-state index >= 15 is 0 Å². The lowest BCUT2D eigenvalue weighted by molar-refractivity contribution is -0.141. The van der Waals surface area contributed by atoms with Gasteiger partial charge < -0.3 is 21.3 Å². The standard InChI is InChI=1S/C23H33N5O5/c1-14(2)19(20(30)23(33)27-17-7-5-4-6-8-17)28-21(31)15(3)26-18(29)13-25-22(32)16-9-11-24-12-10-16/h9-12,14-15,17,19H,4-8,13H2,1-3H3,(H,25,32)(H,26,29)(H,27,33)(H,28,31)/t15?,19-/m0/s1. The lowest BCUT2D eigenvalue weighted by atomic mass is 9.94. The molecule has 1 aliphatic rings. The van der Waals surface area contributed by atoms with E-state index in [1.54, 1.807) is 13.8 Å². The molecule has 4 amide bonds. The zero-order chi connectivity index (χ0) is 24.4. The normalized spacial score (nSPS) is 15.8. The van der Waals surface area contributed by atoms with Crippen molar-refractivity contribution in [3.63, 3.8) is 0 Å². The first kappa shape index (κ1) is 26.0. The predicted molar refractivity (Wildman–Crippen MR) is 121 cm³/mol. The molecule has 2 rings (SSSR count). The number of nitrogens with zero attached hydrogens (tertiary/aromatic N) is 1. The molecule has 0 spiro atoms. The molecule has 10 heteroatoms. The third-order valence-corrected chi connectivity index (χ3v) is 5.53. The van der Waals surface area contributed by atoms with Gasteiger partial charge in [-0.25, -0.2) is 0 Å². The Morgan fingerprint density at radius 2 is 1.61 bits per heavy atom. The molecule has 10 nitrogen and oxygen atoms in total. The van der Waals surface area contributed by atoms with Crippen LogP contribution in [0.3, 0.4) is 0 Å². The molecule has 1 unspecified atom stereocenters. The molecule has 1 aliphatic carbocycles. The summed E-state index contributed by atoms with van der Waals surface area (Å²) in [6.45, 7) is 4.60. The minimum atomic E-state index is -1.01. The molecule has 1 fully saturated rings. The van der Waals surface area contributed by atoms with Crippen LogP contribution in [0, 0.1) is 5.92 Å². The molecule has 0 saturated heterocycles. The summed E-state index contributed by atoms with van der Waals surface area (Å²) in [6, 6.07) is 1.03. The van der Waals surface area contributed by atoms with Crippen LogP contribution in [0.4, 0.5) is 0 Å². The number of Topliss-reactive ketones (excluding diaryl/α,β-unsaturated/α-hetero) is 1. The molecule has 180 valence electrons. The minimum absolute atomic E-state index is 0.0146. The van der Waals surface area contributed by atoms with Crippen molar-refractivity contribution in [2.75, 3.05) is 6.54 Å². The number of hydrogen-bond acceptors (Lipinski definition) is 6. The van der Waals surface area contributed by atoms with E-state index in [2.05, 4.69) is 26.3 Å². The van der Waals surface area contributed by atoms with Crippen LogP contribution in [0.25, 0.3) is 0 Å². The first-order chi connectivity index (χ1) is 15.7. The van der Waals surface area contributed by atoms with Crippen molar-refractivity contribution in [3.8, 4) is 0 Å². The van der Waals surface area contributed by atoms with Crippen molar-refractivity contribution >= 4 is 29.4 Å². The van der Waals surface area contributed by atoms with Crippen LogP contribution in [0.1, 0.15) is 63.2 Å². The van der Waals surface area contributed by atoms with E-state index in [4.69, 9.17) is 0 Å². The lowest BCUT2D eigenvalue weighted by Crippen LogP contribution is -2.56. The quantitative estimate of drug-likeness (QED) is 0.374. The molecule has 2 atom stereocenters. The summed E-state index contributed by atoms with van der Waals surface area (Å²) < 4.78 is 0. The Balaban J connectivity index is 1.83. The van der Waals surface area contributed by atoms with Crippen molar-refractivity contribution in [2.24, 2.45) is 5.92 Å². The highest BCUT2D eigenvalue weighted by Gasteiger charge is 2.32. The summed E-state index contributed by atoms with van der Waals surface area (Å²) in [4.78, 5) is 65.6. The Kier molecular flexibility index (Phi) is 9.96. The third kappa shape index (κ3) is 8.28. The van der Waals surface area contributed by atoms with E-state index in [9.17, 15) is 24.0 Å². The zero-order valence-electron chi connectivity index (χ0n) is 19.3. The van der Waals surface area contributed by atoms with Gasteiger partial charge in [-0.15, -0.1) is 0 Å². The van der Waals surface area contributed by atoms with E-state index in [-0.39, 0.29) is 18.5 Å². The lowest BCUT2D eigenvalue weighted by Gasteiger charge is -2.26. The average molecular weight is 460 g/mol. The van der Waals surface area contributed by atoms with Gasteiger partial charge in [0, 0.05) is 24.0 Å². The predicted octanol–water partition coefficient (Wildman–Crippen LogP) is 0.475. The van der Waals surface area contributed by atoms with Gasteiger partial charge >= 0.3 is 0 Å². The van der Waals surface area contributed by atoms with Crippen molar-refractivity contribution in [1.29, 1.82) is 0 Å². The molecular weight excluding hydrogens is 426 g/mol. The van der Waals surface area contributed by atoms with Crippen LogP contribution in [-0.2, 0) is 19.2 Å². The molecule has 1 aromatic rings. The monoisotopic (exact) mass is 459 g/mol. The van der Waals surface area contributed by atoms with Crippen molar-refractivity contribution in [1.82, 2.24) is 26.3 Å². The fraction of sp³-hybridized carbons (Fsp3) is 0.565. The number of rotatable bonds is 10. The highest BCUT2D eigenvalue weighted by Crippen LogP contribution is 2.17. The third-order valence-electron chi connectivity index (χ3n) is 5.53. The van der Waals surface area contributed by atoms with Gasteiger partial charge in [0.1, 0.15) is 6.04 Å². The molecule has 0 aliphatic heterocycles. The number of pyridine rings is 1. The van der Waals surface area contributed by atoms with Crippen molar-refractivity contribution in [3.05, 3.63) is 30.1 Å². The van der Waals surface area contributed by atoms with Gasteiger partial charge in [-0.3, -0.25) is 29.0 Å². The minimum Gasteiger partial charge on any atom is -0.347 e. The highest BCUT2D eigenvalue weighted by molar-refractivity contribution is 6.38. The van der Waals surface area contributed by atoms with Crippen molar-refractivity contribution in [2.45, 2.75) is 71.0 Å². The second-order valence-corrected chi connectivity index (χ2v) is 8.61. The SMILES string of the molecule is CC(NC(=O)CNC(=O)c1ccncc1)C(=O)N[C@H](C(=O)C(=O)NC1CCCCC1)C(C)C. The molecule has 0 bridgehead atoms. The molecular formula is C23H33N5O5. The maximum absolute atomic E-state index is 12.7. The maximum Gasteiger partial charge on any atom is 0.289 e. The number of hydrogen-bond donors (Lipinski definition) is 4. The summed E-state index contributed by atoms with van der Waals surface area (Å²) in [6.07, 6.45) is 7.78. The van der Waals surface area contributed by atoms with Crippen LogP contribution in [0.5, 0.6) is 0 Å². The Morgan fingerprint density at radius 1 is 0.970 bits per heavy atom. The number of nitrogens with one attached hydrogen (secondary N) is 4. The largest absolute Gasteiger partial charge is 0.347 e. The number of amides is 4. The number of ketones is 1. The van der Waals surface area contributed by atoms with Crippen LogP contribution >= 0.6 is 0 Å². The van der Waals surface area contributed by atoms with E-state index in [1.807, 2.05) is 0 Å². The van der Waals surface area contributed by atoms with Crippen molar-refractivity contribution < 1.29 is 24.0 Å². The van der Waals surface area contributed by atoms with Gasteiger partial charge in [-0.2, -0.15) is 0 Å². The van der Waals surface area contributed by atoms with E-state index in [0.29, 0.717) is 5.56 Å². The Labute approximate surface area is 193 Å². The first-order valence-electron chi connectivity index (χ1n) is 11.3. The van der Waals surface area contributed by atoms with Crippen LogP contribution in [0.2, 0.25) is 0 Å². The fourth-order valence-electron chi connectivity index (χ4n) is 3.58. The summed E-state index contributed by atoms with van der Waals surface area (Å²) in [5, 5.41) is 10.3. The van der Waals surface area contributed by atoms with Gasteiger partial charge in [0.2, 0.25) is 17.6 Å². The Bertz CT molecular complexity index is 852. The fourth-order valence-corrected chi connectivity index (χ4v) is 3.58. The second kappa shape index (κ2) is 12.7. The zero-order valence-corrected chi connectivity index (χ0v) is 19.3. The Hall–Kier alpha value is -3.30. The molecule has 0 aromatic carbocycles. The van der Waals surface area contributed by atoms with E-state index < -0.39 is 41.5 Å². The molecule has 33 heavy (non-hydrogen) atoms. The first-order valence-corrected chi connectivity index (χ1v) is 11.3. The van der Waals surface area contributed by atoms with Gasteiger partial charge in [0.05, 0.1) is 12.6 Å². The van der Waals surface area contributed by atoms with Gasteiger partial charge in [0.25, 0.3) is 11.8 Å². The van der Waals surface area contributed by atoms with Crippen LogP contribution in [-0.4, -0.2) is 59.1 Å². The number of aromatic nitrogens is 1. The summed E-state index contributed by atoms with van der Waals surface area (Å²) in [7, 11) is 0. The molecule has 1 saturated carbocycles. The summed E-state index contributed by atoms with van der Waals surface area (Å²) >= 11 is 0. The highest BCUT2D eigenvalue weighted by atomic mass is 16.2. The number of carbonyl (C=O) groups is 5. The molecule has 1 aromatic heterocycles. The van der Waals surface area contributed by atoms with Gasteiger partial charge in [-0.05, 0) is 37.8 Å². The summed E-state index contributed by atoms with van der Waals surface area (Å²) in [5.41, 5.74) is 0.355. The number of carbonyl (C=O) groups excluding carboxylic acids is 5. The van der Waals surface area contributed by atoms with Gasteiger partial charge in [-0.1, -0.05) is 33.1 Å². The topological polar surface area (TPSA) is 146 Å². The maximum atomic E-state index is 12.7. The van der Waals surface area contributed by atoms with Crippen LogP contribution < -0.4 is 21.3 Å². The summed E-state index contributed by atoms with van der Waals surface area (Å²) in [5.74, 6) is -3.33. The molecule has 4 N–H and O–H groups in total. The van der Waals surface area contributed by atoms with Crippen LogP contribution in [0.15, 0.2) is 24.5 Å². The average Bonchev–Trinajstić information content (AvgIpc) is 2.81. The smallest absolute Gasteiger partial charge is 0.289 e. The Morgan fingerprint density at radius 3 is 2.21 bits per heavy atom. The molecule has 1 heterocycles. The van der Waals surface area contributed by atoms with E-state index in [0.717, 1.165) is 32.1 Å². The van der Waals surface area contributed by atoms with E-state index in [1.165, 1.54) is 31.5 Å². The second-order valence-electron chi connectivity index (χ2n) is 8.61. The molecule has 0 radical (unpaired) electrons.